The molecule has 1 amide bonds. The third kappa shape index (κ3) is 5.15. The molecule has 2 heterocycles. The van der Waals surface area contributed by atoms with Crippen molar-refractivity contribution >= 4 is 21.8 Å². The Labute approximate surface area is 184 Å². The fourth-order valence-electron chi connectivity index (χ4n) is 3.76. The Bertz CT molecular complexity index is 984. The minimum Gasteiger partial charge on any atom is -0.349 e. The van der Waals surface area contributed by atoms with E-state index >= 15 is 0 Å². The molecule has 1 unspecified atom stereocenters. The number of amides is 1. The molecule has 1 atom stereocenters. The van der Waals surface area contributed by atoms with Gasteiger partial charge < -0.3 is 9.84 Å². The Hall–Kier alpha value is -2.51. The van der Waals surface area contributed by atoms with E-state index in [2.05, 4.69) is 36.3 Å². The quantitative estimate of drug-likeness (QED) is 0.572. The van der Waals surface area contributed by atoms with Crippen molar-refractivity contribution in [2.24, 2.45) is 5.92 Å². The first kappa shape index (κ1) is 20.8. The van der Waals surface area contributed by atoms with Gasteiger partial charge in [0.1, 0.15) is 0 Å². The van der Waals surface area contributed by atoms with Gasteiger partial charge in [0, 0.05) is 16.0 Å². The summed E-state index contributed by atoms with van der Waals surface area (Å²) in [6.07, 6.45) is 1.67. The van der Waals surface area contributed by atoms with Crippen molar-refractivity contribution in [2.45, 2.75) is 32.4 Å². The van der Waals surface area contributed by atoms with Crippen LogP contribution in [0, 0.1) is 5.92 Å². The molecule has 0 spiro atoms. The van der Waals surface area contributed by atoms with E-state index in [0.29, 0.717) is 18.3 Å². The van der Waals surface area contributed by atoms with Crippen molar-refractivity contribution in [1.29, 1.82) is 0 Å². The van der Waals surface area contributed by atoms with Crippen molar-refractivity contribution in [2.75, 3.05) is 13.1 Å². The van der Waals surface area contributed by atoms with Crippen molar-refractivity contribution in [3.05, 3.63) is 70.5 Å². The van der Waals surface area contributed by atoms with Gasteiger partial charge in [0.05, 0.1) is 12.6 Å². The highest BCUT2D eigenvalue weighted by Crippen LogP contribution is 2.23. The summed E-state index contributed by atoms with van der Waals surface area (Å²) in [5, 5.41) is 7.25. The van der Waals surface area contributed by atoms with Crippen LogP contribution in [0.1, 0.15) is 37.3 Å². The highest BCUT2D eigenvalue weighted by Gasteiger charge is 2.27. The van der Waals surface area contributed by atoms with Gasteiger partial charge in [0.2, 0.25) is 17.6 Å². The summed E-state index contributed by atoms with van der Waals surface area (Å²) in [5.74, 6) is 1.38. The van der Waals surface area contributed by atoms with Crippen molar-refractivity contribution in [3.63, 3.8) is 0 Å². The molecule has 1 N–H and O–H groups in total. The summed E-state index contributed by atoms with van der Waals surface area (Å²) in [5.41, 5.74) is 2.04. The lowest BCUT2D eigenvalue weighted by Gasteiger charge is -2.30. The molecule has 1 aliphatic heterocycles. The van der Waals surface area contributed by atoms with E-state index < -0.39 is 0 Å². The van der Waals surface area contributed by atoms with E-state index in [-0.39, 0.29) is 17.9 Å². The predicted molar refractivity (Wildman–Crippen MR) is 118 cm³/mol. The Kier molecular flexibility index (Phi) is 6.59. The molecule has 0 saturated carbocycles. The number of benzene rings is 2. The molecule has 0 aliphatic carbocycles. The molecule has 1 saturated heterocycles. The van der Waals surface area contributed by atoms with Crippen LogP contribution in [-0.4, -0.2) is 34.0 Å². The first-order valence-electron chi connectivity index (χ1n) is 10.2. The maximum atomic E-state index is 12.7. The summed E-state index contributed by atoms with van der Waals surface area (Å²) in [7, 11) is 0. The predicted octanol–water partition coefficient (Wildman–Crippen LogP) is 4.59. The lowest BCUT2D eigenvalue weighted by Crippen LogP contribution is -2.40. The Morgan fingerprint density at radius 1 is 1.20 bits per heavy atom. The standard InChI is InChI=1S/C23H25BrN4O2/c1-16(17-6-3-2-4-7-17)25-23(29)18-10-12-28(13-11-18)15-21-26-22(27-30-21)19-8-5-9-20(24)14-19/h2-9,14,16,18H,10-13,15H2,1H3,(H,25,29). The van der Waals surface area contributed by atoms with Gasteiger partial charge in [0.15, 0.2) is 0 Å². The number of likely N-dealkylation sites (tertiary alicyclic amines) is 1. The van der Waals surface area contributed by atoms with E-state index in [0.717, 1.165) is 41.5 Å². The van der Waals surface area contributed by atoms with Crippen LogP contribution in [0.2, 0.25) is 0 Å². The van der Waals surface area contributed by atoms with Crippen LogP contribution in [0.5, 0.6) is 0 Å². The molecule has 0 radical (unpaired) electrons. The second-order valence-corrected chi connectivity index (χ2v) is 8.63. The van der Waals surface area contributed by atoms with Gasteiger partial charge in [-0.3, -0.25) is 9.69 Å². The van der Waals surface area contributed by atoms with Crippen LogP contribution < -0.4 is 5.32 Å². The average Bonchev–Trinajstić information content (AvgIpc) is 3.23. The average molecular weight is 469 g/mol. The Morgan fingerprint density at radius 2 is 1.97 bits per heavy atom. The smallest absolute Gasteiger partial charge is 0.241 e. The number of carbonyl (C=O) groups is 1. The van der Waals surface area contributed by atoms with Crippen molar-refractivity contribution in [3.8, 4) is 11.4 Å². The minimum absolute atomic E-state index is 0.0200. The second-order valence-electron chi connectivity index (χ2n) is 7.71. The van der Waals surface area contributed by atoms with Crippen LogP contribution in [0.4, 0.5) is 0 Å². The van der Waals surface area contributed by atoms with E-state index in [1.54, 1.807) is 0 Å². The molecule has 1 fully saturated rings. The van der Waals surface area contributed by atoms with Gasteiger partial charge in [-0.1, -0.05) is 63.6 Å². The minimum atomic E-state index is 0.0200. The molecule has 156 valence electrons. The first-order chi connectivity index (χ1) is 14.6. The van der Waals surface area contributed by atoms with Crippen LogP contribution >= 0.6 is 15.9 Å². The molecule has 4 rings (SSSR count). The summed E-state index contributed by atoms with van der Waals surface area (Å²) >= 11 is 3.46. The number of hydrogen-bond donors (Lipinski definition) is 1. The largest absolute Gasteiger partial charge is 0.349 e. The molecule has 30 heavy (non-hydrogen) atoms. The van der Waals surface area contributed by atoms with Crippen LogP contribution in [0.3, 0.4) is 0 Å². The Balaban J connectivity index is 1.27. The van der Waals surface area contributed by atoms with E-state index in [4.69, 9.17) is 4.52 Å². The van der Waals surface area contributed by atoms with Crippen molar-refractivity contribution < 1.29 is 9.32 Å². The van der Waals surface area contributed by atoms with Gasteiger partial charge in [-0.2, -0.15) is 4.98 Å². The lowest BCUT2D eigenvalue weighted by molar-refractivity contribution is -0.127. The molecule has 2 aromatic carbocycles. The number of nitrogens with one attached hydrogen (secondary N) is 1. The maximum Gasteiger partial charge on any atom is 0.241 e. The van der Waals surface area contributed by atoms with Gasteiger partial charge in [-0.25, -0.2) is 0 Å². The SMILES string of the molecule is CC(NC(=O)C1CCN(Cc2nc(-c3cccc(Br)c3)no2)CC1)c1ccccc1. The number of piperidine rings is 1. The molecular weight excluding hydrogens is 444 g/mol. The molecule has 7 heteroatoms. The third-order valence-corrected chi connectivity index (χ3v) is 6.02. The summed E-state index contributed by atoms with van der Waals surface area (Å²) in [6.45, 7) is 4.31. The fourth-order valence-corrected chi connectivity index (χ4v) is 4.16. The molecule has 1 aliphatic rings. The van der Waals surface area contributed by atoms with Crippen LogP contribution in [0.25, 0.3) is 11.4 Å². The van der Waals surface area contributed by atoms with E-state index in [1.807, 2.05) is 61.5 Å². The first-order valence-corrected chi connectivity index (χ1v) is 11.0. The zero-order valence-electron chi connectivity index (χ0n) is 16.9. The maximum absolute atomic E-state index is 12.7. The monoisotopic (exact) mass is 468 g/mol. The van der Waals surface area contributed by atoms with Gasteiger partial charge in [-0.05, 0) is 50.6 Å². The summed E-state index contributed by atoms with van der Waals surface area (Å²) < 4.78 is 6.42. The normalized spacial score (nSPS) is 16.3. The lowest BCUT2D eigenvalue weighted by atomic mass is 9.95. The molecule has 1 aromatic heterocycles. The van der Waals surface area contributed by atoms with Gasteiger partial charge >= 0.3 is 0 Å². The van der Waals surface area contributed by atoms with Crippen molar-refractivity contribution in [1.82, 2.24) is 20.4 Å². The zero-order chi connectivity index (χ0) is 20.9. The highest BCUT2D eigenvalue weighted by molar-refractivity contribution is 9.10. The summed E-state index contributed by atoms with van der Waals surface area (Å²) in [4.78, 5) is 19.4. The number of nitrogens with zero attached hydrogens (tertiary/aromatic N) is 3. The van der Waals surface area contributed by atoms with Crippen LogP contribution in [-0.2, 0) is 11.3 Å². The van der Waals surface area contributed by atoms with E-state index in [1.165, 1.54) is 0 Å². The third-order valence-electron chi connectivity index (χ3n) is 5.53. The Morgan fingerprint density at radius 3 is 2.70 bits per heavy atom. The second kappa shape index (κ2) is 9.53. The van der Waals surface area contributed by atoms with Crippen LogP contribution in [0.15, 0.2) is 63.6 Å². The topological polar surface area (TPSA) is 71.3 Å². The molecule has 3 aromatic rings. The fraction of sp³-hybridized carbons (Fsp3) is 0.348. The zero-order valence-corrected chi connectivity index (χ0v) is 18.5. The number of aromatic nitrogens is 2. The molecule has 0 bridgehead atoms. The molecule has 6 nitrogen and oxygen atoms in total. The summed E-state index contributed by atoms with van der Waals surface area (Å²) in [6, 6.07) is 17.9. The van der Waals surface area contributed by atoms with Gasteiger partial charge in [0.25, 0.3) is 0 Å². The number of carbonyl (C=O) groups excluding carboxylic acids is 1. The number of hydrogen-bond acceptors (Lipinski definition) is 5. The highest BCUT2D eigenvalue weighted by atomic mass is 79.9. The number of rotatable bonds is 6. The number of halogens is 1. The molecular formula is C23H25BrN4O2. The van der Waals surface area contributed by atoms with Gasteiger partial charge in [-0.15, -0.1) is 0 Å². The van der Waals surface area contributed by atoms with E-state index in [9.17, 15) is 4.79 Å².